The van der Waals surface area contributed by atoms with E-state index in [0.29, 0.717) is 6.54 Å². The fourth-order valence-corrected chi connectivity index (χ4v) is 2.88. The van der Waals surface area contributed by atoms with E-state index in [4.69, 9.17) is 4.74 Å². The van der Waals surface area contributed by atoms with E-state index in [0.717, 1.165) is 23.8 Å². The third-order valence-electron chi connectivity index (χ3n) is 4.35. The van der Waals surface area contributed by atoms with Gasteiger partial charge < -0.3 is 10.1 Å². The van der Waals surface area contributed by atoms with Gasteiger partial charge in [0.15, 0.2) is 0 Å². The van der Waals surface area contributed by atoms with Crippen molar-refractivity contribution < 1.29 is 27.5 Å². The van der Waals surface area contributed by atoms with Gasteiger partial charge in [-0.05, 0) is 62.7 Å². The number of amides is 2. The molecule has 0 saturated carbocycles. The molecule has 0 aliphatic rings. The zero-order valence-electron chi connectivity index (χ0n) is 18.2. The Morgan fingerprint density at radius 2 is 1.70 bits per heavy atom. The van der Waals surface area contributed by atoms with Gasteiger partial charge in [-0.2, -0.15) is 18.3 Å². The van der Waals surface area contributed by atoms with Gasteiger partial charge in [-0.3, -0.25) is 14.8 Å². The molecule has 0 fully saturated rings. The molecule has 0 spiro atoms. The van der Waals surface area contributed by atoms with Crippen LogP contribution in [-0.2, 0) is 17.5 Å². The predicted octanol–water partition coefficient (Wildman–Crippen LogP) is 5.55. The number of ether oxygens (including phenoxy) is 1. The number of anilines is 2. The van der Waals surface area contributed by atoms with Gasteiger partial charge in [-0.1, -0.05) is 12.1 Å². The molecule has 0 aliphatic heterocycles. The lowest BCUT2D eigenvalue weighted by Gasteiger charge is -2.21. The number of nitrogens with zero attached hydrogens (tertiary/aromatic N) is 2. The molecule has 7 nitrogen and oxygen atoms in total. The summed E-state index contributed by atoms with van der Waals surface area (Å²) in [7, 11) is 0. The Hall–Kier alpha value is -3.82. The fraction of sp³-hybridized carbons (Fsp3) is 0.261. The average Bonchev–Trinajstić information content (AvgIpc) is 3.20. The van der Waals surface area contributed by atoms with Crippen LogP contribution in [0.3, 0.4) is 0 Å². The smallest absolute Gasteiger partial charge is 0.416 e. The third kappa shape index (κ3) is 6.83. The normalized spacial score (nSPS) is 11.7. The van der Waals surface area contributed by atoms with Crippen molar-refractivity contribution in [2.45, 2.75) is 39.1 Å². The summed E-state index contributed by atoms with van der Waals surface area (Å²) in [6.45, 7) is 5.46. The number of hydrogen-bond donors (Lipinski definition) is 2. The van der Waals surface area contributed by atoms with Crippen LogP contribution >= 0.6 is 0 Å². The van der Waals surface area contributed by atoms with Gasteiger partial charge in [0.25, 0.3) is 5.91 Å². The second-order valence-corrected chi connectivity index (χ2v) is 8.24. The van der Waals surface area contributed by atoms with E-state index in [1.54, 1.807) is 68.2 Å². The fourth-order valence-electron chi connectivity index (χ4n) is 2.88. The highest BCUT2D eigenvalue weighted by Crippen LogP contribution is 2.34. The first-order chi connectivity index (χ1) is 15.4. The number of rotatable bonds is 5. The Bertz CT molecular complexity index is 1120. The molecule has 174 valence electrons. The number of carbonyl (C=O) groups is 2. The number of nitrogens with one attached hydrogen (secondary N) is 2. The topological polar surface area (TPSA) is 85.3 Å². The molecule has 33 heavy (non-hydrogen) atoms. The number of hydrogen-bond acceptors (Lipinski definition) is 4. The number of aromatic nitrogens is 2. The Morgan fingerprint density at radius 3 is 2.27 bits per heavy atom. The molecular formula is C23H23F3N4O3. The molecule has 2 amide bonds. The monoisotopic (exact) mass is 460 g/mol. The molecule has 0 bridgehead atoms. The first kappa shape index (κ1) is 23.8. The van der Waals surface area contributed by atoms with E-state index < -0.39 is 29.3 Å². The Morgan fingerprint density at radius 1 is 1.00 bits per heavy atom. The van der Waals surface area contributed by atoms with Gasteiger partial charge in [0, 0.05) is 18.0 Å². The molecule has 10 heteroatoms. The minimum absolute atomic E-state index is 0.0269. The van der Waals surface area contributed by atoms with E-state index >= 15 is 0 Å². The van der Waals surface area contributed by atoms with Crippen molar-refractivity contribution in [3.8, 4) is 0 Å². The van der Waals surface area contributed by atoms with Gasteiger partial charge in [0.1, 0.15) is 5.60 Å². The van der Waals surface area contributed by atoms with Crippen molar-refractivity contribution in [1.82, 2.24) is 9.78 Å². The van der Waals surface area contributed by atoms with Crippen molar-refractivity contribution in [1.29, 1.82) is 0 Å². The van der Waals surface area contributed by atoms with Crippen molar-refractivity contribution in [2.24, 2.45) is 0 Å². The molecule has 3 aromatic rings. The maximum atomic E-state index is 13.2. The minimum Gasteiger partial charge on any atom is -0.444 e. The number of halogens is 3. The lowest BCUT2D eigenvalue weighted by Crippen LogP contribution is -2.27. The molecule has 0 atom stereocenters. The molecule has 2 N–H and O–H groups in total. The third-order valence-corrected chi connectivity index (χ3v) is 4.35. The quantitative estimate of drug-likeness (QED) is 0.523. The Balaban J connectivity index is 1.80. The van der Waals surface area contributed by atoms with Gasteiger partial charge in [-0.15, -0.1) is 0 Å². The highest BCUT2D eigenvalue weighted by atomic mass is 19.4. The predicted molar refractivity (Wildman–Crippen MR) is 117 cm³/mol. The van der Waals surface area contributed by atoms with Gasteiger partial charge in [0.2, 0.25) is 0 Å². The van der Waals surface area contributed by atoms with Crippen LogP contribution in [0, 0.1) is 0 Å². The van der Waals surface area contributed by atoms with Gasteiger partial charge in [0.05, 0.1) is 23.5 Å². The number of benzene rings is 2. The van der Waals surface area contributed by atoms with E-state index in [2.05, 4.69) is 15.7 Å². The zero-order chi connectivity index (χ0) is 24.2. The van der Waals surface area contributed by atoms with Crippen molar-refractivity contribution in [3.05, 3.63) is 77.6 Å². The lowest BCUT2D eigenvalue weighted by molar-refractivity contribution is -0.137. The zero-order valence-corrected chi connectivity index (χ0v) is 18.2. The van der Waals surface area contributed by atoms with Crippen molar-refractivity contribution in [2.75, 3.05) is 10.6 Å². The van der Waals surface area contributed by atoms with Crippen LogP contribution < -0.4 is 10.6 Å². The number of alkyl halides is 3. The summed E-state index contributed by atoms with van der Waals surface area (Å²) in [6, 6.07) is 11.0. The van der Waals surface area contributed by atoms with Crippen LogP contribution in [0.4, 0.5) is 29.3 Å². The summed E-state index contributed by atoms with van der Waals surface area (Å²) >= 11 is 0. The van der Waals surface area contributed by atoms with Crippen LogP contribution in [0.25, 0.3) is 0 Å². The maximum Gasteiger partial charge on any atom is 0.416 e. The van der Waals surface area contributed by atoms with Crippen LogP contribution in [0.15, 0.2) is 60.9 Å². The average molecular weight is 460 g/mol. The molecule has 0 aliphatic carbocycles. The summed E-state index contributed by atoms with van der Waals surface area (Å²) in [4.78, 5) is 24.8. The molecule has 0 saturated heterocycles. The highest BCUT2D eigenvalue weighted by Gasteiger charge is 2.31. The molecule has 1 aromatic heterocycles. The standard InChI is InChI=1S/C23H23F3N4O3/c1-22(2,3)33-21(32)29-18-10-9-17(23(24,25)26)13-19(18)28-20(31)16-7-5-15(6-8-16)14-30-12-4-11-27-30/h4-13H,14H2,1-3H3,(H,28,31)(H,29,32). The maximum absolute atomic E-state index is 13.2. The van der Waals surface area contributed by atoms with Gasteiger partial charge in [-0.25, -0.2) is 4.79 Å². The molecule has 3 rings (SSSR count). The van der Waals surface area contributed by atoms with Crippen LogP contribution in [0.2, 0.25) is 0 Å². The summed E-state index contributed by atoms with van der Waals surface area (Å²) in [6.07, 6.45) is -2.04. The molecule has 1 heterocycles. The number of carbonyl (C=O) groups excluding carboxylic acids is 2. The first-order valence-corrected chi connectivity index (χ1v) is 10.00. The van der Waals surface area contributed by atoms with Gasteiger partial charge >= 0.3 is 12.3 Å². The Kier molecular flexibility index (Phi) is 6.75. The van der Waals surface area contributed by atoms with Crippen molar-refractivity contribution in [3.63, 3.8) is 0 Å². The SMILES string of the molecule is CC(C)(C)OC(=O)Nc1ccc(C(F)(F)F)cc1NC(=O)c1ccc(Cn2cccn2)cc1. The summed E-state index contributed by atoms with van der Waals surface area (Å²) in [5.41, 5.74) is -0.886. The highest BCUT2D eigenvalue weighted by molar-refractivity contribution is 6.07. The lowest BCUT2D eigenvalue weighted by atomic mass is 10.1. The molecule has 0 unspecified atom stereocenters. The first-order valence-electron chi connectivity index (χ1n) is 10.00. The summed E-state index contributed by atoms with van der Waals surface area (Å²) in [5, 5.41) is 8.94. The van der Waals surface area contributed by atoms with E-state index in [-0.39, 0.29) is 16.9 Å². The largest absolute Gasteiger partial charge is 0.444 e. The van der Waals surface area contributed by atoms with Crippen LogP contribution in [0.5, 0.6) is 0 Å². The van der Waals surface area contributed by atoms with E-state index in [9.17, 15) is 22.8 Å². The second-order valence-electron chi connectivity index (χ2n) is 8.24. The summed E-state index contributed by atoms with van der Waals surface area (Å²) < 4.78 is 46.5. The van der Waals surface area contributed by atoms with Crippen LogP contribution in [-0.4, -0.2) is 27.4 Å². The minimum atomic E-state index is -4.63. The second kappa shape index (κ2) is 9.35. The van der Waals surface area contributed by atoms with Crippen molar-refractivity contribution >= 4 is 23.4 Å². The van der Waals surface area contributed by atoms with Crippen LogP contribution in [0.1, 0.15) is 42.3 Å². The molecule has 0 radical (unpaired) electrons. The molecule has 2 aromatic carbocycles. The van der Waals surface area contributed by atoms with E-state index in [1.807, 2.05) is 0 Å². The summed E-state index contributed by atoms with van der Waals surface area (Å²) in [5.74, 6) is -0.632. The Labute approximate surface area is 188 Å². The van der Waals surface area contributed by atoms with E-state index in [1.165, 1.54) is 0 Å². The molecular weight excluding hydrogens is 437 g/mol.